The number of thiophene rings is 3. The number of esters is 1. The summed E-state index contributed by atoms with van der Waals surface area (Å²) in [5, 5.41) is -3.00. The number of fused-ring (bicyclic) bond motifs is 3. The van der Waals surface area contributed by atoms with Gasteiger partial charge in [0.05, 0.1) is 56.7 Å². The van der Waals surface area contributed by atoms with Crippen LogP contribution in [0.5, 0.6) is 0 Å². The van der Waals surface area contributed by atoms with Gasteiger partial charge in [-0.1, -0.05) is 10.8 Å². The van der Waals surface area contributed by atoms with Crippen molar-refractivity contribution in [2.75, 3.05) is 53.4 Å². The van der Waals surface area contributed by atoms with Gasteiger partial charge in [-0.2, -0.15) is 43.0 Å². The van der Waals surface area contributed by atoms with Crippen molar-refractivity contribution in [1.82, 2.24) is 0 Å². The summed E-state index contributed by atoms with van der Waals surface area (Å²) in [6, 6.07) is 5.56. The van der Waals surface area contributed by atoms with Gasteiger partial charge in [0.1, 0.15) is 4.88 Å². The predicted molar refractivity (Wildman–Crippen MR) is 221 cm³/mol. The van der Waals surface area contributed by atoms with Crippen molar-refractivity contribution in [3.05, 3.63) is 70.1 Å². The summed E-state index contributed by atoms with van der Waals surface area (Å²) in [4.78, 5) is 13.1. The van der Waals surface area contributed by atoms with Crippen molar-refractivity contribution >= 4 is 99.5 Å². The molecule has 0 amide bonds. The van der Waals surface area contributed by atoms with Crippen LogP contribution in [0.15, 0.2) is 23.6 Å². The molecule has 6 heterocycles. The fourth-order valence-corrected chi connectivity index (χ4v) is 9.17. The first-order valence-corrected chi connectivity index (χ1v) is 23.7. The van der Waals surface area contributed by atoms with Crippen LogP contribution in [0, 0.1) is 10.3 Å². The first-order valence-electron chi connectivity index (χ1n) is 16.2. The zero-order valence-corrected chi connectivity index (χ0v) is 39.3. The van der Waals surface area contributed by atoms with E-state index in [1.807, 2.05) is 22.7 Å². The summed E-state index contributed by atoms with van der Waals surface area (Å²) in [5.74, 6) is -2.44. The van der Waals surface area contributed by atoms with Gasteiger partial charge in [0.25, 0.3) is 0 Å². The molecule has 329 valence electrons. The third-order valence-corrected chi connectivity index (χ3v) is 12.2. The molecule has 0 fully saturated rings. The van der Waals surface area contributed by atoms with Gasteiger partial charge in [-0.05, 0) is 75.5 Å². The molecule has 24 heteroatoms. The van der Waals surface area contributed by atoms with E-state index in [1.54, 1.807) is 6.26 Å². The third kappa shape index (κ3) is 17.5. The average molecular weight is 1130 g/mol. The van der Waals surface area contributed by atoms with E-state index >= 15 is 0 Å². The van der Waals surface area contributed by atoms with Gasteiger partial charge < -0.3 is 37.8 Å². The molecule has 0 radical (unpaired) electrons. The monoisotopic (exact) mass is 1130 g/mol. The van der Waals surface area contributed by atoms with Crippen molar-refractivity contribution in [3.8, 4) is 0 Å². The van der Waals surface area contributed by atoms with E-state index in [4.69, 9.17) is 27.0 Å². The van der Waals surface area contributed by atoms with Gasteiger partial charge in [-0.25, -0.2) is 4.79 Å². The van der Waals surface area contributed by atoms with Gasteiger partial charge in [0.2, 0.25) is 0 Å². The SMILES string of the molecule is CCC1OCCc2sc(I)cc21.COC(=O)C(F)(F)S(=O)(=O)F.CS.NCC1OCCc2sc(C(F)(F)F)cc21.NCC1OCCc2sccc21.[2H]CF.[CH3-].[Cu+][Br]. The number of rotatable bonds is 5. The number of halogens is 9. The van der Waals surface area contributed by atoms with Crippen LogP contribution < -0.4 is 11.5 Å². The van der Waals surface area contributed by atoms with Crippen molar-refractivity contribution in [2.24, 2.45) is 11.5 Å². The summed E-state index contributed by atoms with van der Waals surface area (Å²) >= 11 is 16.9. The molecule has 56 heavy (non-hydrogen) atoms. The number of carbonyl (C=O) groups is 1. The molecule has 3 aliphatic rings. The molecule has 3 aromatic heterocycles. The van der Waals surface area contributed by atoms with E-state index in [0.717, 1.165) is 54.8 Å². The molecule has 0 saturated heterocycles. The molecule has 3 aliphatic heterocycles. The minimum atomic E-state index is -6.22. The number of thiol groups is 1. The first-order chi connectivity index (χ1) is 26.4. The number of methoxy groups -OCH3 is 1. The Labute approximate surface area is 371 Å². The van der Waals surface area contributed by atoms with Crippen LogP contribution in [0.25, 0.3) is 0 Å². The fourth-order valence-electron chi connectivity index (χ4n) is 4.86. The maximum atomic E-state index is 12.4. The van der Waals surface area contributed by atoms with Crippen LogP contribution in [0.2, 0.25) is 0 Å². The number of hydrogen-bond acceptors (Lipinski definition) is 13. The number of hydrogen-bond donors (Lipinski definition) is 3. The van der Waals surface area contributed by atoms with Crippen LogP contribution in [0.3, 0.4) is 0 Å². The molecule has 3 atom stereocenters. The first kappa shape index (κ1) is 55.9. The fraction of sp³-hybridized carbons (Fsp3) is 0.562. The Bertz CT molecular complexity index is 1680. The molecule has 4 N–H and O–H groups in total. The molecule has 0 spiro atoms. The Morgan fingerprint density at radius 3 is 1.84 bits per heavy atom. The normalized spacial score (nSPS) is 18.2. The van der Waals surface area contributed by atoms with Crippen LogP contribution in [-0.4, -0.2) is 73.1 Å². The Kier molecular flexibility index (Phi) is 29.2. The summed E-state index contributed by atoms with van der Waals surface area (Å²) < 4.78 is 128. The van der Waals surface area contributed by atoms with Gasteiger partial charge in [0.15, 0.2) is 0 Å². The molecular formula is C32H45BrCuF7IN2O7S5. The molecule has 3 unspecified atom stereocenters. The molecule has 3 aromatic rings. The van der Waals surface area contributed by atoms with Gasteiger partial charge in [0, 0.05) is 47.0 Å². The molecule has 0 bridgehead atoms. The average Bonchev–Trinajstić information content (AvgIpc) is 3.94. The van der Waals surface area contributed by atoms with Gasteiger partial charge >= 0.3 is 55.9 Å². The number of nitrogens with two attached hydrogens (primary N) is 2. The third-order valence-electron chi connectivity index (χ3n) is 7.23. The zero-order chi connectivity index (χ0) is 43.3. The van der Waals surface area contributed by atoms with Gasteiger partial charge in [-0.15, -0.1) is 34.0 Å². The van der Waals surface area contributed by atoms with Crippen LogP contribution >= 0.6 is 83.3 Å². The summed E-state index contributed by atoms with van der Waals surface area (Å²) in [7, 11) is -6.71. The van der Waals surface area contributed by atoms with E-state index in [9.17, 15) is 43.4 Å². The van der Waals surface area contributed by atoms with Crippen molar-refractivity contribution in [3.63, 3.8) is 0 Å². The van der Waals surface area contributed by atoms with E-state index in [0.29, 0.717) is 38.3 Å². The second kappa shape index (κ2) is 29.2. The summed E-state index contributed by atoms with van der Waals surface area (Å²) in [5.41, 5.74) is 14.4. The molecule has 0 saturated carbocycles. The van der Waals surface area contributed by atoms with Gasteiger partial charge in [-0.3, -0.25) is 4.39 Å². The molecule has 0 aliphatic carbocycles. The summed E-state index contributed by atoms with van der Waals surface area (Å²) in [6.07, 6.45) is 1.40. The van der Waals surface area contributed by atoms with Crippen molar-refractivity contribution in [1.29, 1.82) is 0 Å². The molecule has 9 nitrogen and oxygen atoms in total. The summed E-state index contributed by atoms with van der Waals surface area (Å²) in [6.45, 7) is 5.19. The topological polar surface area (TPSA) is 140 Å². The van der Waals surface area contributed by atoms with E-state index in [1.165, 1.54) is 23.8 Å². The molecular weight excluding hydrogens is 1090 g/mol. The Morgan fingerprint density at radius 2 is 1.41 bits per heavy atom. The maximum absolute atomic E-state index is 12.4. The number of alkyl halides is 6. The number of ether oxygens (including phenoxy) is 4. The minimum absolute atomic E-state index is 0. The van der Waals surface area contributed by atoms with Crippen LogP contribution in [0.1, 0.15) is 69.2 Å². The predicted octanol–water partition coefficient (Wildman–Crippen LogP) is 9.51. The molecule has 0 aromatic carbocycles. The van der Waals surface area contributed by atoms with Crippen molar-refractivity contribution in [2.45, 2.75) is 62.3 Å². The Hall–Kier alpha value is -0.0905. The van der Waals surface area contributed by atoms with Crippen molar-refractivity contribution < 1.29 is 78.0 Å². The second-order valence-corrected chi connectivity index (χ2v) is 16.9. The van der Waals surface area contributed by atoms with E-state index in [-0.39, 0.29) is 26.2 Å². The standard InChI is InChI=1S/C9H10F3NOS.C9H11IOS.C8H11NOS.C3H3F3O4S.CH3F.CH4S.CH3.BrH.Cu/c10-9(11,12)8-3-5-6(4-13)14-2-1-7(5)15-8;1-2-7-6-5-9(10)12-8(6)3-4-11-7;9-5-7-6-2-4-11-8(6)1-3-10-7;1-10-2(7)3(4,5)11(6,8)9;2*1-2;;;/h3,6H,1-2,4,13H2;5,7H,2-4H2,1H3;2,4,7H,1,3,5,9H2;1H3;1H3;2H,1H3;1H3;1H;/q;;;;;;-1;;+2/p-1/i;;;;1D;;;;. The Morgan fingerprint density at radius 1 is 0.964 bits per heavy atom. The Balaban J connectivity index is 0. The van der Waals surface area contributed by atoms with Crippen LogP contribution in [0.4, 0.5) is 30.2 Å². The molecule has 6 rings (SSSR count). The zero-order valence-electron chi connectivity index (χ0n) is 31.4. The van der Waals surface area contributed by atoms with E-state index < -0.39 is 39.7 Å². The second-order valence-electron chi connectivity index (χ2n) is 10.4. The van der Waals surface area contributed by atoms with Crippen LogP contribution in [-0.2, 0) is 73.6 Å². The number of carbonyl (C=O) groups excluding carboxylic acids is 1. The van der Waals surface area contributed by atoms with E-state index in [2.05, 4.69) is 92.7 Å². The quantitative estimate of drug-likeness (QED) is 0.0434.